The standard InChI is InChI=1S/C13H21N3O2/c1-10-15-7-9-16(10)8-5-11-4-3-6-13(11,14)12(17)18-2/h7,9,11H,3-6,8,14H2,1-2H3. The van der Waals surface area contributed by atoms with E-state index in [0.29, 0.717) is 0 Å². The van der Waals surface area contributed by atoms with E-state index in [-0.39, 0.29) is 11.9 Å². The molecule has 1 aliphatic rings. The number of methoxy groups -OCH3 is 1. The third-order valence-electron chi connectivity index (χ3n) is 4.08. The van der Waals surface area contributed by atoms with Gasteiger partial charge in [0.2, 0.25) is 0 Å². The highest BCUT2D eigenvalue weighted by molar-refractivity contribution is 5.81. The Morgan fingerprint density at radius 3 is 3.11 bits per heavy atom. The predicted molar refractivity (Wildman–Crippen MR) is 67.9 cm³/mol. The molecule has 2 rings (SSSR count). The van der Waals surface area contributed by atoms with E-state index in [4.69, 9.17) is 10.5 Å². The smallest absolute Gasteiger partial charge is 0.326 e. The lowest BCUT2D eigenvalue weighted by Gasteiger charge is -2.28. The molecule has 0 spiro atoms. The first-order valence-electron chi connectivity index (χ1n) is 6.43. The van der Waals surface area contributed by atoms with Crippen LogP contribution in [0.4, 0.5) is 0 Å². The lowest BCUT2D eigenvalue weighted by molar-refractivity contribution is -0.148. The number of imidazole rings is 1. The summed E-state index contributed by atoms with van der Waals surface area (Å²) in [6.07, 6.45) is 7.37. The van der Waals surface area contributed by atoms with Crippen molar-refractivity contribution in [3.63, 3.8) is 0 Å². The molecular weight excluding hydrogens is 230 g/mol. The maximum absolute atomic E-state index is 11.8. The molecule has 0 amide bonds. The molecule has 5 heteroatoms. The number of hydrogen-bond acceptors (Lipinski definition) is 4. The van der Waals surface area contributed by atoms with Gasteiger partial charge in [-0.05, 0) is 32.1 Å². The number of nitrogens with zero attached hydrogens (tertiary/aromatic N) is 2. The fourth-order valence-electron chi connectivity index (χ4n) is 2.90. The highest BCUT2D eigenvalue weighted by Crippen LogP contribution is 2.37. The van der Waals surface area contributed by atoms with Gasteiger partial charge in [0.15, 0.2) is 0 Å². The summed E-state index contributed by atoms with van der Waals surface area (Å²) in [5.41, 5.74) is 5.45. The number of carbonyl (C=O) groups excluding carboxylic acids is 1. The molecule has 100 valence electrons. The fourth-order valence-corrected chi connectivity index (χ4v) is 2.90. The van der Waals surface area contributed by atoms with Crippen LogP contribution in [0.1, 0.15) is 31.5 Å². The summed E-state index contributed by atoms with van der Waals surface area (Å²) in [4.78, 5) is 16.0. The number of aromatic nitrogens is 2. The number of esters is 1. The Morgan fingerprint density at radius 2 is 2.50 bits per heavy atom. The molecule has 0 radical (unpaired) electrons. The van der Waals surface area contributed by atoms with Crippen molar-refractivity contribution in [2.75, 3.05) is 7.11 Å². The van der Waals surface area contributed by atoms with Gasteiger partial charge >= 0.3 is 5.97 Å². The van der Waals surface area contributed by atoms with Crippen LogP contribution in [0.15, 0.2) is 12.4 Å². The van der Waals surface area contributed by atoms with Crippen molar-refractivity contribution in [2.45, 2.75) is 44.7 Å². The monoisotopic (exact) mass is 251 g/mol. The van der Waals surface area contributed by atoms with Crippen LogP contribution in [0.2, 0.25) is 0 Å². The quantitative estimate of drug-likeness (QED) is 0.818. The first-order valence-corrected chi connectivity index (χ1v) is 6.43. The molecule has 2 N–H and O–H groups in total. The molecule has 0 aliphatic heterocycles. The number of ether oxygens (including phenoxy) is 1. The van der Waals surface area contributed by atoms with Gasteiger partial charge in [0.05, 0.1) is 7.11 Å². The van der Waals surface area contributed by atoms with E-state index >= 15 is 0 Å². The first-order chi connectivity index (χ1) is 8.58. The van der Waals surface area contributed by atoms with E-state index in [1.165, 1.54) is 7.11 Å². The van der Waals surface area contributed by atoms with Crippen LogP contribution in [0.25, 0.3) is 0 Å². The highest BCUT2D eigenvalue weighted by atomic mass is 16.5. The van der Waals surface area contributed by atoms with Gasteiger partial charge in [-0.1, -0.05) is 6.42 Å². The van der Waals surface area contributed by atoms with E-state index in [9.17, 15) is 4.79 Å². The highest BCUT2D eigenvalue weighted by Gasteiger charge is 2.46. The molecule has 2 atom stereocenters. The Bertz CT molecular complexity index is 430. The minimum atomic E-state index is -0.788. The number of nitrogens with two attached hydrogens (primary N) is 1. The third kappa shape index (κ3) is 2.27. The van der Waals surface area contributed by atoms with E-state index < -0.39 is 5.54 Å². The minimum absolute atomic E-state index is 0.201. The van der Waals surface area contributed by atoms with Gasteiger partial charge < -0.3 is 15.0 Å². The Hall–Kier alpha value is -1.36. The van der Waals surface area contributed by atoms with Gasteiger partial charge in [0.25, 0.3) is 0 Å². The van der Waals surface area contributed by atoms with Crippen molar-refractivity contribution < 1.29 is 9.53 Å². The third-order valence-corrected chi connectivity index (χ3v) is 4.08. The second kappa shape index (κ2) is 5.10. The van der Waals surface area contributed by atoms with Gasteiger partial charge in [-0.2, -0.15) is 0 Å². The maximum Gasteiger partial charge on any atom is 0.326 e. The van der Waals surface area contributed by atoms with Crippen LogP contribution in [0.3, 0.4) is 0 Å². The van der Waals surface area contributed by atoms with Crippen LogP contribution in [0.5, 0.6) is 0 Å². The summed E-state index contributed by atoms with van der Waals surface area (Å²) in [6, 6.07) is 0. The molecular formula is C13H21N3O2. The SMILES string of the molecule is COC(=O)C1(N)CCCC1CCn1ccnc1C. The normalized spacial score (nSPS) is 27.4. The van der Waals surface area contributed by atoms with Crippen molar-refractivity contribution in [1.29, 1.82) is 0 Å². The lowest BCUT2D eigenvalue weighted by atomic mass is 9.85. The van der Waals surface area contributed by atoms with Gasteiger partial charge in [0, 0.05) is 18.9 Å². The van der Waals surface area contributed by atoms with Crippen LogP contribution in [0, 0.1) is 12.8 Å². The second-order valence-corrected chi connectivity index (χ2v) is 5.08. The van der Waals surface area contributed by atoms with Crippen LogP contribution < -0.4 is 5.73 Å². The maximum atomic E-state index is 11.8. The molecule has 1 aromatic heterocycles. The average Bonchev–Trinajstić information content (AvgIpc) is 2.93. The largest absolute Gasteiger partial charge is 0.468 e. The number of rotatable bonds is 4. The van der Waals surface area contributed by atoms with Crippen LogP contribution in [-0.4, -0.2) is 28.2 Å². The van der Waals surface area contributed by atoms with Crippen molar-refractivity contribution in [1.82, 2.24) is 9.55 Å². The number of aryl methyl sites for hydroxylation is 2. The molecule has 1 saturated carbocycles. The van der Waals surface area contributed by atoms with Gasteiger partial charge in [-0.3, -0.25) is 4.79 Å². The minimum Gasteiger partial charge on any atom is -0.468 e. The molecule has 0 bridgehead atoms. The van der Waals surface area contributed by atoms with Crippen molar-refractivity contribution in [3.8, 4) is 0 Å². The summed E-state index contributed by atoms with van der Waals surface area (Å²) in [7, 11) is 1.41. The van der Waals surface area contributed by atoms with Gasteiger partial charge in [-0.15, -0.1) is 0 Å². The van der Waals surface area contributed by atoms with E-state index in [1.54, 1.807) is 6.20 Å². The summed E-state index contributed by atoms with van der Waals surface area (Å²) in [6.45, 7) is 2.83. The summed E-state index contributed by atoms with van der Waals surface area (Å²) >= 11 is 0. The molecule has 1 heterocycles. The zero-order valence-corrected chi connectivity index (χ0v) is 11.1. The molecule has 1 aromatic rings. The molecule has 2 unspecified atom stereocenters. The Morgan fingerprint density at radius 1 is 1.72 bits per heavy atom. The zero-order chi connectivity index (χ0) is 13.2. The van der Waals surface area contributed by atoms with Crippen molar-refractivity contribution in [2.24, 2.45) is 11.7 Å². The van der Waals surface area contributed by atoms with Crippen LogP contribution in [-0.2, 0) is 16.1 Å². The molecule has 0 aromatic carbocycles. The van der Waals surface area contributed by atoms with E-state index in [2.05, 4.69) is 9.55 Å². The number of carbonyl (C=O) groups is 1. The summed E-state index contributed by atoms with van der Waals surface area (Å²) in [5.74, 6) is 0.924. The second-order valence-electron chi connectivity index (χ2n) is 5.08. The Kier molecular flexibility index (Phi) is 3.71. The van der Waals surface area contributed by atoms with E-state index in [1.807, 2.05) is 13.1 Å². The summed E-state index contributed by atoms with van der Waals surface area (Å²) < 4.78 is 6.94. The van der Waals surface area contributed by atoms with Crippen molar-refractivity contribution in [3.05, 3.63) is 18.2 Å². The molecule has 0 saturated heterocycles. The molecule has 1 fully saturated rings. The Balaban J connectivity index is 2.00. The van der Waals surface area contributed by atoms with Gasteiger partial charge in [0.1, 0.15) is 11.4 Å². The van der Waals surface area contributed by atoms with Crippen molar-refractivity contribution >= 4 is 5.97 Å². The fraction of sp³-hybridized carbons (Fsp3) is 0.692. The van der Waals surface area contributed by atoms with E-state index in [0.717, 1.165) is 38.1 Å². The molecule has 18 heavy (non-hydrogen) atoms. The predicted octanol–water partition coefficient (Wildman–Crippen LogP) is 1.25. The lowest BCUT2D eigenvalue weighted by Crippen LogP contribution is -2.51. The first kappa shape index (κ1) is 13.1. The molecule has 5 nitrogen and oxygen atoms in total. The van der Waals surface area contributed by atoms with Gasteiger partial charge in [-0.25, -0.2) is 4.98 Å². The molecule has 1 aliphatic carbocycles. The van der Waals surface area contributed by atoms with Crippen LogP contribution >= 0.6 is 0 Å². The summed E-state index contributed by atoms with van der Waals surface area (Å²) in [5, 5.41) is 0. The Labute approximate surface area is 107 Å². The average molecular weight is 251 g/mol. The topological polar surface area (TPSA) is 70.1 Å². The zero-order valence-electron chi connectivity index (χ0n) is 11.1. The number of hydrogen-bond donors (Lipinski definition) is 1.